The molecule has 0 aromatic carbocycles. The highest BCUT2D eigenvalue weighted by Crippen LogP contribution is 2.44. The van der Waals surface area contributed by atoms with E-state index in [0.717, 1.165) is 45.2 Å². The molecule has 0 aliphatic heterocycles. The summed E-state index contributed by atoms with van der Waals surface area (Å²) in [6.45, 7) is 7.38. The standard InChI is InChI=1S/C17H33N3O3S.C12H12F3NO3/c1-5-6-7-8-9-10-11-12-13-18-17(3,14-24(4,21)22)16-19-15(2)23-20-16;1-6(12(13,14)15)19-10-4-9(11(17)18)16-5-8(10)7-2-3-7/h18H,5-14H2,1-4H3;4-7H,2-3H2,1H3,(H,17,18)/t;6-/m.0/s1. The fourth-order valence-electron chi connectivity index (χ4n) is 4.49. The second kappa shape index (κ2) is 16.4. The van der Waals surface area contributed by atoms with Crippen LogP contribution in [0, 0.1) is 6.92 Å². The molecule has 1 aliphatic rings. The lowest BCUT2D eigenvalue weighted by Crippen LogP contribution is -2.46. The van der Waals surface area contributed by atoms with Crippen LogP contribution in [-0.2, 0) is 15.4 Å². The quantitative estimate of drug-likeness (QED) is 0.189. The predicted molar refractivity (Wildman–Crippen MR) is 156 cm³/mol. The van der Waals surface area contributed by atoms with Crippen LogP contribution in [-0.4, -0.2) is 65.5 Å². The minimum atomic E-state index is -4.49. The number of hydrogen-bond donors (Lipinski definition) is 2. The molecule has 0 radical (unpaired) electrons. The van der Waals surface area contributed by atoms with Gasteiger partial charge in [0.05, 0.1) is 11.3 Å². The SMILES string of the molecule is CCCCCCCCCCNC(C)(CS(C)(=O)=O)c1noc(C)n1.C[C@H](Oc1cc(C(=O)O)ncc1C1CC1)C(F)(F)F. The van der Waals surface area contributed by atoms with Gasteiger partial charge in [0, 0.05) is 31.0 Å². The van der Waals surface area contributed by atoms with Crippen LogP contribution in [0.1, 0.15) is 119 Å². The molecule has 3 rings (SSSR count). The Bertz CT molecular complexity index is 1270. The van der Waals surface area contributed by atoms with Crippen molar-refractivity contribution in [3.63, 3.8) is 0 Å². The first-order valence-corrected chi connectivity index (χ1v) is 16.8. The Hall–Kier alpha value is -2.74. The fourth-order valence-corrected chi connectivity index (χ4v) is 5.77. The number of aryl methyl sites for hydroxylation is 1. The van der Waals surface area contributed by atoms with Gasteiger partial charge in [0.2, 0.25) is 5.89 Å². The summed E-state index contributed by atoms with van der Waals surface area (Å²) >= 11 is 0. The van der Waals surface area contributed by atoms with Crippen molar-refractivity contribution in [2.75, 3.05) is 18.6 Å². The first-order valence-electron chi connectivity index (χ1n) is 14.8. The molecule has 244 valence electrons. The maximum atomic E-state index is 12.5. The molecule has 14 heteroatoms. The van der Waals surface area contributed by atoms with E-state index in [4.69, 9.17) is 14.4 Å². The minimum Gasteiger partial charge on any atom is -0.481 e. The molecule has 1 fully saturated rings. The number of pyridine rings is 1. The molecular weight excluding hydrogens is 589 g/mol. The van der Waals surface area contributed by atoms with Crippen LogP contribution < -0.4 is 10.1 Å². The number of halogens is 3. The van der Waals surface area contributed by atoms with Crippen LogP contribution in [0.3, 0.4) is 0 Å². The number of carboxylic acid groups (broad SMARTS) is 1. The van der Waals surface area contributed by atoms with Gasteiger partial charge in [-0.25, -0.2) is 18.2 Å². The molecule has 0 amide bonds. The second-order valence-electron chi connectivity index (χ2n) is 11.4. The van der Waals surface area contributed by atoms with Crippen molar-refractivity contribution in [2.45, 2.75) is 116 Å². The van der Waals surface area contributed by atoms with Crippen LogP contribution in [0.2, 0.25) is 0 Å². The van der Waals surface area contributed by atoms with Gasteiger partial charge in [-0.15, -0.1) is 0 Å². The number of hydrogen-bond acceptors (Lipinski definition) is 9. The van der Waals surface area contributed by atoms with E-state index in [1.54, 1.807) is 6.92 Å². The molecule has 2 atom stereocenters. The summed E-state index contributed by atoms with van der Waals surface area (Å²) in [5, 5.41) is 16.1. The normalized spacial score (nSPS) is 15.7. The van der Waals surface area contributed by atoms with Gasteiger partial charge in [0.15, 0.2) is 17.6 Å². The van der Waals surface area contributed by atoms with Gasteiger partial charge in [0.1, 0.15) is 15.6 Å². The summed E-state index contributed by atoms with van der Waals surface area (Å²) < 4.78 is 70.9. The summed E-state index contributed by atoms with van der Waals surface area (Å²) in [6, 6.07) is 1.05. The Morgan fingerprint density at radius 3 is 2.26 bits per heavy atom. The number of nitrogens with one attached hydrogen (secondary N) is 1. The van der Waals surface area contributed by atoms with Gasteiger partial charge < -0.3 is 19.7 Å². The predicted octanol–water partition coefficient (Wildman–Crippen LogP) is 6.35. The molecule has 43 heavy (non-hydrogen) atoms. The van der Waals surface area contributed by atoms with Gasteiger partial charge in [-0.3, -0.25) is 0 Å². The molecule has 0 bridgehead atoms. The summed E-state index contributed by atoms with van der Waals surface area (Å²) in [7, 11) is -3.17. The Kier molecular flexibility index (Phi) is 13.9. The third-order valence-corrected chi connectivity index (χ3v) is 8.12. The fraction of sp³-hybridized carbons (Fsp3) is 0.724. The summed E-state index contributed by atoms with van der Waals surface area (Å²) in [4.78, 5) is 18.7. The number of carbonyl (C=O) groups is 1. The van der Waals surface area contributed by atoms with Crippen molar-refractivity contribution < 1.29 is 40.8 Å². The number of unbranched alkanes of at least 4 members (excludes halogenated alkanes) is 7. The molecule has 1 unspecified atom stereocenters. The Labute approximate surface area is 252 Å². The van der Waals surface area contributed by atoms with Crippen molar-refractivity contribution >= 4 is 15.8 Å². The average molecular weight is 635 g/mol. The zero-order valence-corrected chi connectivity index (χ0v) is 26.5. The monoisotopic (exact) mass is 634 g/mol. The van der Waals surface area contributed by atoms with E-state index in [2.05, 4.69) is 27.4 Å². The topological polar surface area (TPSA) is 145 Å². The number of aromatic carboxylic acids is 1. The molecule has 0 spiro atoms. The molecule has 10 nitrogen and oxygen atoms in total. The number of alkyl halides is 3. The van der Waals surface area contributed by atoms with Gasteiger partial charge in [-0.05, 0) is 45.6 Å². The van der Waals surface area contributed by atoms with E-state index in [1.807, 2.05) is 6.92 Å². The number of nitrogens with zero attached hydrogens (tertiary/aromatic N) is 3. The van der Waals surface area contributed by atoms with Crippen LogP contribution in [0.25, 0.3) is 0 Å². The molecule has 2 heterocycles. The molecule has 2 N–H and O–H groups in total. The van der Waals surface area contributed by atoms with Crippen LogP contribution in [0.4, 0.5) is 13.2 Å². The van der Waals surface area contributed by atoms with E-state index in [-0.39, 0.29) is 23.1 Å². The van der Waals surface area contributed by atoms with E-state index in [9.17, 15) is 26.4 Å². The average Bonchev–Trinajstić information content (AvgIpc) is 3.65. The lowest BCUT2D eigenvalue weighted by Gasteiger charge is -2.26. The molecule has 2 aromatic rings. The number of aromatic nitrogens is 3. The van der Waals surface area contributed by atoms with Gasteiger partial charge in [-0.2, -0.15) is 18.2 Å². The first-order chi connectivity index (χ1) is 20.1. The van der Waals surface area contributed by atoms with Crippen molar-refractivity contribution in [1.82, 2.24) is 20.4 Å². The highest BCUT2D eigenvalue weighted by atomic mass is 32.2. The summed E-state index contributed by atoms with van der Waals surface area (Å²) in [5.41, 5.74) is -0.596. The second-order valence-corrected chi connectivity index (χ2v) is 13.6. The largest absolute Gasteiger partial charge is 0.481 e. The Morgan fingerprint density at radius 2 is 1.77 bits per heavy atom. The number of carboxylic acids is 1. The third-order valence-electron chi connectivity index (χ3n) is 7.01. The smallest absolute Gasteiger partial charge is 0.425 e. The van der Waals surface area contributed by atoms with Crippen LogP contribution in [0.15, 0.2) is 16.8 Å². The number of rotatable bonds is 17. The molecule has 1 saturated carbocycles. The summed E-state index contributed by atoms with van der Waals surface area (Å²) in [6.07, 6.45) is 7.68. The zero-order chi connectivity index (χ0) is 32.3. The highest BCUT2D eigenvalue weighted by molar-refractivity contribution is 7.90. The molecule has 1 aliphatic carbocycles. The first kappa shape index (κ1) is 36.5. The zero-order valence-electron chi connectivity index (χ0n) is 25.7. The van der Waals surface area contributed by atoms with E-state index in [0.29, 0.717) is 17.3 Å². The maximum Gasteiger partial charge on any atom is 0.425 e. The van der Waals surface area contributed by atoms with Gasteiger partial charge >= 0.3 is 12.1 Å². The van der Waals surface area contributed by atoms with E-state index >= 15 is 0 Å². The minimum absolute atomic E-state index is 0.0419. The lowest BCUT2D eigenvalue weighted by molar-refractivity contribution is -0.189. The molecular formula is C29H45F3N4O6S. The molecule has 0 saturated heterocycles. The third kappa shape index (κ3) is 13.2. The van der Waals surface area contributed by atoms with Crippen LogP contribution >= 0.6 is 0 Å². The van der Waals surface area contributed by atoms with Crippen molar-refractivity contribution in [2.24, 2.45) is 0 Å². The van der Waals surface area contributed by atoms with E-state index in [1.165, 1.54) is 51.0 Å². The van der Waals surface area contributed by atoms with Crippen molar-refractivity contribution in [3.05, 3.63) is 35.2 Å². The van der Waals surface area contributed by atoms with E-state index < -0.39 is 33.6 Å². The van der Waals surface area contributed by atoms with Gasteiger partial charge in [-0.1, -0.05) is 57.0 Å². The number of sulfone groups is 1. The van der Waals surface area contributed by atoms with Crippen molar-refractivity contribution in [1.29, 1.82) is 0 Å². The Balaban J connectivity index is 0.000000307. The van der Waals surface area contributed by atoms with Crippen LogP contribution in [0.5, 0.6) is 5.75 Å². The summed E-state index contributed by atoms with van der Waals surface area (Å²) in [5.74, 6) is -0.420. The lowest BCUT2D eigenvalue weighted by atomic mass is 10.0. The van der Waals surface area contributed by atoms with Gasteiger partial charge in [0.25, 0.3) is 0 Å². The number of ether oxygens (including phenoxy) is 1. The molecule has 2 aromatic heterocycles. The van der Waals surface area contributed by atoms with Crippen molar-refractivity contribution in [3.8, 4) is 5.75 Å². The Morgan fingerprint density at radius 1 is 1.16 bits per heavy atom. The maximum absolute atomic E-state index is 12.5. The highest BCUT2D eigenvalue weighted by Gasteiger charge is 2.39.